The summed E-state index contributed by atoms with van der Waals surface area (Å²) in [5.74, 6) is 0.558. The second-order valence-electron chi connectivity index (χ2n) is 13.0. The highest BCUT2D eigenvalue weighted by Gasteiger charge is 2.51. The van der Waals surface area contributed by atoms with Crippen LogP contribution >= 0.6 is 15.9 Å². The summed E-state index contributed by atoms with van der Waals surface area (Å²) < 4.78 is 3.48. The Morgan fingerprint density at radius 3 is 2.24 bits per heavy atom. The third kappa shape index (κ3) is 4.49. The van der Waals surface area contributed by atoms with Crippen molar-refractivity contribution in [2.75, 3.05) is 0 Å². The number of aromatic hydroxyl groups is 1. The summed E-state index contributed by atoms with van der Waals surface area (Å²) in [7, 11) is -2.14. The van der Waals surface area contributed by atoms with Gasteiger partial charge in [-0.25, -0.2) is 4.98 Å². The number of fused-ring (bicyclic) bond motifs is 1. The zero-order valence-electron chi connectivity index (χ0n) is 24.5. The molecule has 1 N–H and O–H groups in total. The first-order valence-corrected chi connectivity index (χ1v) is 17.2. The SMILES string of the molecule is CC(C)C1CCC(C)(c2cccc(O)c2)C(c2cn([Si](C(C)C)(C(C)C)C(C)C)c3ncc(Br)cc23)C1=O. The monoisotopic (exact) mass is 596 g/mol. The first-order valence-electron chi connectivity index (χ1n) is 14.3. The lowest BCUT2D eigenvalue weighted by Gasteiger charge is -2.45. The molecule has 3 aromatic rings. The predicted molar refractivity (Wildman–Crippen MR) is 165 cm³/mol. The van der Waals surface area contributed by atoms with Crippen molar-refractivity contribution in [2.24, 2.45) is 11.8 Å². The van der Waals surface area contributed by atoms with Crippen LogP contribution in [0.5, 0.6) is 5.75 Å². The molecule has 38 heavy (non-hydrogen) atoms. The fraction of sp³-hybridized carbons (Fsp3) is 0.562. The zero-order chi connectivity index (χ0) is 28.2. The average Bonchev–Trinajstić information content (AvgIpc) is 3.16. The number of nitrogens with zero attached hydrogens (tertiary/aromatic N) is 2. The van der Waals surface area contributed by atoms with Crippen molar-refractivity contribution in [1.82, 2.24) is 9.22 Å². The van der Waals surface area contributed by atoms with Crippen LogP contribution < -0.4 is 0 Å². The fourth-order valence-electron chi connectivity index (χ4n) is 8.07. The molecule has 3 atom stereocenters. The van der Waals surface area contributed by atoms with E-state index in [0.717, 1.165) is 39.5 Å². The Morgan fingerprint density at radius 2 is 1.68 bits per heavy atom. The third-order valence-corrected chi connectivity index (χ3v) is 16.9. The van der Waals surface area contributed by atoms with Gasteiger partial charge in [-0.05, 0) is 80.6 Å². The molecule has 0 aliphatic heterocycles. The summed E-state index contributed by atoms with van der Waals surface area (Å²) in [6.07, 6.45) is 5.99. The van der Waals surface area contributed by atoms with E-state index in [-0.39, 0.29) is 23.5 Å². The Bertz CT molecular complexity index is 1310. The highest BCUT2D eigenvalue weighted by molar-refractivity contribution is 9.10. The number of pyridine rings is 1. The fourth-order valence-corrected chi connectivity index (χ4v) is 15.0. The van der Waals surface area contributed by atoms with Crippen molar-refractivity contribution in [3.05, 3.63) is 58.3 Å². The number of phenols is 1. The molecule has 0 spiro atoms. The van der Waals surface area contributed by atoms with Crippen molar-refractivity contribution in [2.45, 2.75) is 103 Å². The molecular weight excluding hydrogens is 552 g/mol. The van der Waals surface area contributed by atoms with E-state index in [1.54, 1.807) is 6.07 Å². The minimum absolute atomic E-state index is 0.0196. The summed E-state index contributed by atoms with van der Waals surface area (Å²) in [5.41, 5.74) is 4.19. The molecular formula is C32H45BrN2O2Si. The second-order valence-corrected chi connectivity index (χ2v) is 19.7. The summed E-state index contributed by atoms with van der Waals surface area (Å²) in [6, 6.07) is 9.73. The highest BCUT2D eigenvalue weighted by atomic mass is 79.9. The lowest BCUT2D eigenvalue weighted by atomic mass is 9.57. The number of phenolic OH excluding ortho intramolecular Hbond substituents is 1. The molecule has 6 heteroatoms. The predicted octanol–water partition coefficient (Wildman–Crippen LogP) is 9.20. The molecule has 3 unspecified atom stereocenters. The van der Waals surface area contributed by atoms with E-state index >= 15 is 0 Å². The quantitative estimate of drug-likeness (QED) is 0.276. The zero-order valence-corrected chi connectivity index (χ0v) is 27.1. The van der Waals surface area contributed by atoms with Crippen molar-refractivity contribution >= 4 is 41.0 Å². The van der Waals surface area contributed by atoms with Gasteiger partial charge in [0.15, 0.2) is 8.24 Å². The molecule has 0 bridgehead atoms. The second kappa shape index (κ2) is 10.6. The van der Waals surface area contributed by atoms with E-state index in [1.807, 2.05) is 18.3 Å². The van der Waals surface area contributed by atoms with Crippen LogP contribution in [0.4, 0.5) is 0 Å². The van der Waals surface area contributed by atoms with Crippen molar-refractivity contribution in [1.29, 1.82) is 0 Å². The lowest BCUT2D eigenvalue weighted by molar-refractivity contribution is -0.130. The van der Waals surface area contributed by atoms with E-state index in [4.69, 9.17) is 4.98 Å². The number of Topliss-reactive ketones (excluding diaryl/α,β-unsaturated/α-hetero) is 1. The third-order valence-electron chi connectivity index (χ3n) is 9.72. The number of halogens is 1. The standard InChI is InChI=1S/C32H45BrN2O2Si/c1-19(2)26-13-14-32(9,23-11-10-12-25(36)15-23)29(30(26)37)28-18-35(31-27(28)16-24(33)17-34-31)38(20(3)4,21(5)6)22(7)8/h10-12,15-22,26,29,36H,13-14H2,1-9H3. The van der Waals surface area contributed by atoms with Crippen LogP contribution in [0.1, 0.15) is 92.2 Å². The molecule has 2 aromatic heterocycles. The molecule has 0 saturated heterocycles. The van der Waals surface area contributed by atoms with E-state index in [1.165, 1.54) is 0 Å². The van der Waals surface area contributed by atoms with Gasteiger partial charge >= 0.3 is 0 Å². The Labute approximate surface area is 238 Å². The van der Waals surface area contributed by atoms with Crippen LogP contribution in [0.3, 0.4) is 0 Å². The van der Waals surface area contributed by atoms with Gasteiger partial charge in [0.2, 0.25) is 0 Å². The summed E-state index contributed by atoms with van der Waals surface area (Å²) in [5, 5.41) is 11.5. The Hall–Kier alpha value is -1.92. The molecule has 1 fully saturated rings. The summed E-state index contributed by atoms with van der Waals surface area (Å²) in [6.45, 7) is 20.8. The normalized spacial score (nSPS) is 22.9. The van der Waals surface area contributed by atoms with Crippen molar-refractivity contribution in [3.8, 4) is 5.75 Å². The van der Waals surface area contributed by atoms with Crippen LogP contribution in [-0.4, -0.2) is 28.3 Å². The number of carbonyl (C=O) groups excluding carboxylic acids is 1. The molecule has 1 aliphatic rings. The lowest BCUT2D eigenvalue weighted by Crippen LogP contribution is -2.51. The van der Waals surface area contributed by atoms with Gasteiger partial charge in [0.1, 0.15) is 17.2 Å². The van der Waals surface area contributed by atoms with Crippen LogP contribution in [-0.2, 0) is 10.2 Å². The first kappa shape index (κ1) is 29.1. The van der Waals surface area contributed by atoms with Crippen LogP contribution in [0.15, 0.2) is 47.2 Å². The molecule has 0 amide bonds. The number of hydrogen-bond donors (Lipinski definition) is 1. The number of ketones is 1. The Morgan fingerprint density at radius 1 is 1.05 bits per heavy atom. The van der Waals surface area contributed by atoms with E-state index in [9.17, 15) is 9.90 Å². The number of rotatable bonds is 7. The van der Waals surface area contributed by atoms with Gasteiger partial charge in [-0.3, -0.25) is 4.79 Å². The van der Waals surface area contributed by atoms with Gasteiger partial charge in [-0.15, -0.1) is 0 Å². The first-order chi connectivity index (χ1) is 17.8. The van der Waals surface area contributed by atoms with Gasteiger partial charge in [0, 0.05) is 33.6 Å². The number of carbonyl (C=O) groups is 1. The van der Waals surface area contributed by atoms with Gasteiger partial charge in [-0.2, -0.15) is 0 Å². The molecule has 2 heterocycles. The molecule has 4 rings (SSSR count). The van der Waals surface area contributed by atoms with Gasteiger partial charge in [-0.1, -0.05) is 74.4 Å². The van der Waals surface area contributed by atoms with Gasteiger partial charge in [0.05, 0.1) is 5.92 Å². The minimum atomic E-state index is -2.14. The number of aromatic nitrogens is 2. The van der Waals surface area contributed by atoms with Crippen LogP contribution in [0, 0.1) is 11.8 Å². The Kier molecular flexibility index (Phi) is 8.09. The van der Waals surface area contributed by atoms with E-state index in [2.05, 4.69) is 101 Å². The average molecular weight is 598 g/mol. The summed E-state index contributed by atoms with van der Waals surface area (Å²) in [4.78, 5) is 19.6. The maximum Gasteiger partial charge on any atom is 0.171 e. The number of benzene rings is 1. The van der Waals surface area contributed by atoms with E-state index in [0.29, 0.717) is 22.4 Å². The van der Waals surface area contributed by atoms with Gasteiger partial charge < -0.3 is 9.34 Å². The molecule has 1 aromatic carbocycles. The molecule has 206 valence electrons. The van der Waals surface area contributed by atoms with Crippen LogP contribution in [0.25, 0.3) is 11.0 Å². The van der Waals surface area contributed by atoms with E-state index < -0.39 is 13.7 Å². The van der Waals surface area contributed by atoms with Gasteiger partial charge in [0.25, 0.3) is 0 Å². The Balaban J connectivity index is 2.09. The van der Waals surface area contributed by atoms with Crippen molar-refractivity contribution in [3.63, 3.8) is 0 Å². The highest BCUT2D eigenvalue weighted by Crippen LogP contribution is 2.53. The molecule has 1 saturated carbocycles. The minimum Gasteiger partial charge on any atom is -0.508 e. The molecule has 1 aliphatic carbocycles. The largest absolute Gasteiger partial charge is 0.508 e. The van der Waals surface area contributed by atoms with Crippen LogP contribution in [0.2, 0.25) is 16.6 Å². The smallest absolute Gasteiger partial charge is 0.171 e. The number of hydrogen-bond acceptors (Lipinski definition) is 3. The maximum absolute atomic E-state index is 14.5. The summed E-state index contributed by atoms with van der Waals surface area (Å²) >= 11 is 3.69. The maximum atomic E-state index is 14.5. The van der Waals surface area contributed by atoms with Crippen molar-refractivity contribution < 1.29 is 9.90 Å². The topological polar surface area (TPSA) is 55.1 Å². The molecule has 4 nitrogen and oxygen atoms in total. The molecule has 0 radical (unpaired) electrons.